The predicted octanol–water partition coefficient (Wildman–Crippen LogP) is 8.67. The van der Waals surface area contributed by atoms with Gasteiger partial charge in [-0.15, -0.1) is 0 Å². The summed E-state index contributed by atoms with van der Waals surface area (Å²) >= 11 is 0. The van der Waals surface area contributed by atoms with Crippen molar-refractivity contribution in [2.24, 2.45) is 0 Å². The van der Waals surface area contributed by atoms with E-state index >= 15 is 0 Å². The van der Waals surface area contributed by atoms with Gasteiger partial charge in [-0.3, -0.25) is 0 Å². The molecule has 6 aromatic rings. The Bertz CT molecular complexity index is 2160. The Labute approximate surface area is 334 Å². The van der Waals surface area contributed by atoms with Crippen molar-refractivity contribution in [3.05, 3.63) is 208 Å². The highest BCUT2D eigenvalue weighted by Gasteiger charge is 2.57. The van der Waals surface area contributed by atoms with Crippen LogP contribution in [-0.4, -0.2) is 43.2 Å². The quantitative estimate of drug-likeness (QED) is 0.0987. The zero-order valence-electron chi connectivity index (χ0n) is 32.0. The Hall–Kier alpha value is -5.63. The minimum Gasteiger partial charge on any atom is -0.497 e. The lowest BCUT2D eigenvalue weighted by molar-refractivity contribution is -0.378. The molecule has 0 saturated carbocycles. The van der Waals surface area contributed by atoms with E-state index in [4.69, 9.17) is 28.4 Å². The van der Waals surface area contributed by atoms with Gasteiger partial charge in [0.1, 0.15) is 30.2 Å². The third-order valence-electron chi connectivity index (χ3n) is 10.1. The maximum atomic E-state index is 13.2. The third-order valence-corrected chi connectivity index (χ3v) is 10.1. The second-order valence-electron chi connectivity index (χ2n) is 14.1. The monoisotopic (exact) mass is 761 g/mol. The first-order valence-corrected chi connectivity index (χ1v) is 19.2. The highest BCUT2D eigenvalue weighted by molar-refractivity contribution is 5.45. The van der Waals surface area contributed by atoms with E-state index in [1.807, 2.05) is 152 Å². The largest absolute Gasteiger partial charge is 0.497 e. The second kappa shape index (κ2) is 19.5. The van der Waals surface area contributed by atoms with Gasteiger partial charge in [-0.2, -0.15) is 5.26 Å². The molecule has 1 N–H and O–H groups in total. The topological polar surface area (TPSA) is 99.4 Å². The number of benzene rings is 6. The summed E-state index contributed by atoms with van der Waals surface area (Å²) in [6.45, 7) is 1.07. The highest BCUT2D eigenvalue weighted by Crippen LogP contribution is 2.42. The van der Waals surface area contributed by atoms with Crippen LogP contribution in [0.4, 0.5) is 0 Å². The summed E-state index contributed by atoms with van der Waals surface area (Å²) in [5.74, 6) is -1.32. The molecular weight excluding hydrogens is 715 g/mol. The smallest absolute Gasteiger partial charge is 0.222 e. The number of ether oxygens (including phenoxy) is 6. The molecule has 6 aromatic carbocycles. The molecule has 8 nitrogen and oxygen atoms in total. The van der Waals surface area contributed by atoms with Crippen LogP contribution in [0.15, 0.2) is 164 Å². The molecule has 0 radical (unpaired) electrons. The number of hydrogen-bond acceptors (Lipinski definition) is 8. The van der Waals surface area contributed by atoms with Crippen LogP contribution in [0.2, 0.25) is 0 Å². The highest BCUT2D eigenvalue weighted by atomic mass is 16.7. The lowest BCUT2D eigenvalue weighted by Gasteiger charge is -2.50. The first kappa shape index (κ1) is 39.6. The molecule has 0 spiro atoms. The third kappa shape index (κ3) is 10.2. The zero-order valence-corrected chi connectivity index (χ0v) is 32.0. The van der Waals surface area contributed by atoms with Crippen LogP contribution in [0.25, 0.3) is 0 Å². The molecule has 1 aliphatic heterocycles. The summed E-state index contributed by atoms with van der Waals surface area (Å²) < 4.78 is 39.0. The molecule has 1 fully saturated rings. The molecule has 0 aromatic heterocycles. The normalized spacial score (nSPS) is 20.4. The van der Waals surface area contributed by atoms with Crippen LogP contribution >= 0.6 is 0 Å². The van der Waals surface area contributed by atoms with E-state index in [0.717, 1.165) is 39.1 Å². The van der Waals surface area contributed by atoms with E-state index in [2.05, 4.69) is 6.07 Å². The summed E-state index contributed by atoms with van der Waals surface area (Å²) in [5.41, 5.74) is 6.45. The lowest BCUT2D eigenvalue weighted by atomic mass is 9.85. The summed E-state index contributed by atoms with van der Waals surface area (Å²) in [6, 6.07) is 54.8. The average Bonchev–Trinajstić information content (AvgIpc) is 3.26. The van der Waals surface area contributed by atoms with E-state index in [1.54, 1.807) is 19.2 Å². The van der Waals surface area contributed by atoms with Gasteiger partial charge >= 0.3 is 0 Å². The molecule has 7 rings (SSSR count). The molecule has 0 unspecified atom stereocenters. The fourth-order valence-electron chi connectivity index (χ4n) is 7.12. The first-order valence-electron chi connectivity index (χ1n) is 19.2. The SMILES string of the molecule is COc1ccc(Cc2cc([C@]3(O)O[C@H](COCc4ccccc4)[C@@H](OCc4ccccc4)[C@H](OCc4ccccc4)[C@H]3OCc3ccccc3)ccc2C#N)cc1. The van der Waals surface area contributed by atoms with E-state index < -0.39 is 30.2 Å². The zero-order chi connectivity index (χ0) is 39.3. The second-order valence-corrected chi connectivity index (χ2v) is 14.1. The molecule has 0 amide bonds. The van der Waals surface area contributed by atoms with Gasteiger partial charge < -0.3 is 33.5 Å². The van der Waals surface area contributed by atoms with Crippen molar-refractivity contribution in [2.45, 2.75) is 63.1 Å². The molecule has 8 heteroatoms. The Morgan fingerprint density at radius 2 is 1.11 bits per heavy atom. The van der Waals surface area contributed by atoms with Gasteiger partial charge in [0.05, 0.1) is 51.8 Å². The molecule has 1 heterocycles. The van der Waals surface area contributed by atoms with Crippen LogP contribution in [0, 0.1) is 11.3 Å². The number of rotatable bonds is 17. The molecule has 0 aliphatic carbocycles. The first-order chi connectivity index (χ1) is 28.0. The van der Waals surface area contributed by atoms with Crippen molar-refractivity contribution in [1.29, 1.82) is 5.26 Å². The van der Waals surface area contributed by atoms with Crippen molar-refractivity contribution in [3.63, 3.8) is 0 Å². The Morgan fingerprint density at radius 3 is 1.63 bits per heavy atom. The molecule has 1 aliphatic rings. The van der Waals surface area contributed by atoms with Crippen LogP contribution in [0.5, 0.6) is 5.75 Å². The van der Waals surface area contributed by atoms with E-state index in [-0.39, 0.29) is 26.4 Å². The number of nitriles is 1. The van der Waals surface area contributed by atoms with Crippen molar-refractivity contribution in [2.75, 3.05) is 13.7 Å². The molecule has 5 atom stereocenters. The maximum Gasteiger partial charge on any atom is 0.222 e. The van der Waals surface area contributed by atoms with Crippen LogP contribution in [-0.2, 0) is 62.3 Å². The molecule has 290 valence electrons. The molecule has 0 bridgehead atoms. The van der Waals surface area contributed by atoms with Crippen LogP contribution < -0.4 is 4.74 Å². The van der Waals surface area contributed by atoms with Crippen molar-refractivity contribution in [1.82, 2.24) is 0 Å². The van der Waals surface area contributed by atoms with E-state index in [9.17, 15) is 10.4 Å². The lowest BCUT2D eigenvalue weighted by Crippen LogP contribution is -2.65. The molecular formula is C49H47NO7. The Kier molecular flexibility index (Phi) is 13.5. The van der Waals surface area contributed by atoms with E-state index in [0.29, 0.717) is 24.2 Å². The number of hydrogen-bond donors (Lipinski definition) is 1. The van der Waals surface area contributed by atoms with Gasteiger partial charge in [-0.25, -0.2) is 0 Å². The van der Waals surface area contributed by atoms with Gasteiger partial charge in [-0.1, -0.05) is 140 Å². The number of methoxy groups -OCH3 is 1. The van der Waals surface area contributed by atoms with Crippen LogP contribution in [0.3, 0.4) is 0 Å². The van der Waals surface area contributed by atoms with Crippen molar-refractivity contribution in [3.8, 4) is 11.8 Å². The van der Waals surface area contributed by atoms with Crippen molar-refractivity contribution < 1.29 is 33.5 Å². The fraction of sp³-hybridized carbons (Fsp3) is 0.245. The Balaban J connectivity index is 1.30. The van der Waals surface area contributed by atoms with Crippen LogP contribution in [0.1, 0.15) is 44.5 Å². The summed E-state index contributed by atoms with van der Waals surface area (Å²) in [5, 5.41) is 23.4. The summed E-state index contributed by atoms with van der Waals surface area (Å²) in [7, 11) is 1.63. The van der Waals surface area contributed by atoms with Gasteiger partial charge in [0.2, 0.25) is 5.79 Å². The van der Waals surface area contributed by atoms with Crippen molar-refractivity contribution >= 4 is 0 Å². The van der Waals surface area contributed by atoms with E-state index in [1.165, 1.54) is 0 Å². The van der Waals surface area contributed by atoms with Gasteiger partial charge in [0.25, 0.3) is 0 Å². The number of aliphatic hydroxyl groups is 1. The maximum absolute atomic E-state index is 13.2. The predicted molar refractivity (Wildman–Crippen MR) is 217 cm³/mol. The Morgan fingerprint density at radius 1 is 0.596 bits per heavy atom. The standard InChI is InChI=1S/C49H47NO7/c1-52-44-26-22-36(23-27-44)28-42-29-43(25-24-41(42)30-50)49(51)48(56-34-40-20-12-5-13-21-40)47(55-33-39-18-10-4-11-19-39)46(54-32-38-16-8-3-9-17-38)45(57-49)35-53-31-37-14-6-2-7-15-37/h2-27,29,45-48,51H,28,31-35H2,1H3/t45-,46-,47+,48-,49+/m1/s1. The number of nitrogens with zero attached hydrogens (tertiary/aromatic N) is 1. The minimum atomic E-state index is -2.06. The fourth-order valence-corrected chi connectivity index (χ4v) is 7.12. The average molecular weight is 762 g/mol. The van der Waals surface area contributed by atoms with Gasteiger partial charge in [-0.05, 0) is 64.1 Å². The molecule has 1 saturated heterocycles. The van der Waals surface area contributed by atoms with Gasteiger partial charge in [0.15, 0.2) is 0 Å². The summed E-state index contributed by atoms with van der Waals surface area (Å²) in [4.78, 5) is 0. The van der Waals surface area contributed by atoms with Gasteiger partial charge in [0, 0.05) is 5.56 Å². The molecule has 57 heavy (non-hydrogen) atoms. The minimum absolute atomic E-state index is 0.0856. The summed E-state index contributed by atoms with van der Waals surface area (Å²) in [6.07, 6.45) is -3.03.